The number of hydrogen-bond donors (Lipinski definition) is 0. The quantitative estimate of drug-likeness (QED) is 0.786. The molecule has 0 unspecified atom stereocenters. The number of halogens is 4. The molecule has 2 heterocycles. The van der Waals surface area contributed by atoms with E-state index in [4.69, 9.17) is 0 Å². The Morgan fingerprint density at radius 2 is 1.83 bits per heavy atom. The van der Waals surface area contributed by atoms with Gasteiger partial charge in [0, 0.05) is 38.1 Å². The number of anilines is 1. The summed E-state index contributed by atoms with van der Waals surface area (Å²) in [6, 6.07) is 0. The summed E-state index contributed by atoms with van der Waals surface area (Å²) in [5, 5.41) is 7.22. The average Bonchev–Trinajstić information content (AvgIpc) is 2.79. The van der Waals surface area contributed by atoms with E-state index in [1.54, 1.807) is 0 Å². The zero-order valence-electron chi connectivity index (χ0n) is 9.45. The van der Waals surface area contributed by atoms with E-state index in [9.17, 15) is 13.2 Å². The zero-order chi connectivity index (χ0) is 13.2. The molecule has 1 aliphatic rings. The molecule has 18 heavy (non-hydrogen) atoms. The van der Waals surface area contributed by atoms with Gasteiger partial charge in [-0.1, -0.05) is 27.3 Å². The highest BCUT2D eigenvalue weighted by Crippen LogP contribution is 2.34. The van der Waals surface area contributed by atoms with Crippen molar-refractivity contribution in [3.05, 3.63) is 5.01 Å². The molecule has 9 heteroatoms. The molecule has 0 radical (unpaired) electrons. The average molecular weight is 345 g/mol. The number of nitrogens with zero attached hydrogens (tertiary/aromatic N) is 4. The van der Waals surface area contributed by atoms with Crippen LogP contribution in [0.1, 0.15) is 5.01 Å². The molecule has 0 bridgehead atoms. The van der Waals surface area contributed by atoms with Gasteiger partial charge in [0.05, 0.1) is 0 Å². The third-order valence-corrected chi connectivity index (χ3v) is 4.08. The third kappa shape index (κ3) is 3.33. The van der Waals surface area contributed by atoms with Gasteiger partial charge in [-0.25, -0.2) is 0 Å². The second kappa shape index (κ2) is 5.70. The van der Waals surface area contributed by atoms with E-state index in [0.29, 0.717) is 29.6 Å². The molecule has 0 N–H and O–H groups in total. The van der Waals surface area contributed by atoms with Gasteiger partial charge in [-0.3, -0.25) is 4.90 Å². The molecule has 0 saturated carbocycles. The van der Waals surface area contributed by atoms with Crippen molar-refractivity contribution in [3.8, 4) is 0 Å². The second-order valence-corrected chi connectivity index (χ2v) is 5.65. The van der Waals surface area contributed by atoms with E-state index in [2.05, 4.69) is 31.0 Å². The lowest BCUT2D eigenvalue weighted by molar-refractivity contribution is -0.138. The normalized spacial score (nSPS) is 18.3. The molecule has 1 aliphatic heterocycles. The van der Waals surface area contributed by atoms with Crippen molar-refractivity contribution in [3.63, 3.8) is 0 Å². The summed E-state index contributed by atoms with van der Waals surface area (Å²) in [5.74, 6) is 0. The first kappa shape index (κ1) is 14.0. The molecule has 0 spiro atoms. The van der Waals surface area contributed by atoms with Gasteiger partial charge in [-0.05, 0) is 0 Å². The Morgan fingerprint density at radius 3 is 2.33 bits per heavy atom. The number of piperazine rings is 1. The lowest BCUT2D eigenvalue weighted by Crippen LogP contribution is -2.46. The highest BCUT2D eigenvalue weighted by atomic mass is 79.9. The topological polar surface area (TPSA) is 32.3 Å². The van der Waals surface area contributed by atoms with Crippen LogP contribution in [-0.2, 0) is 6.18 Å². The standard InChI is InChI=1S/C9H12BrF3N4S/c10-1-2-16-3-5-17(6-4-16)8-15-14-7(18-8)9(11,12)13/h1-6H2. The maximum Gasteiger partial charge on any atom is 0.445 e. The summed E-state index contributed by atoms with van der Waals surface area (Å²) in [6.45, 7) is 4.02. The van der Waals surface area contributed by atoms with Gasteiger partial charge in [-0.2, -0.15) is 13.2 Å². The molecule has 0 aliphatic carbocycles. The van der Waals surface area contributed by atoms with Gasteiger partial charge >= 0.3 is 6.18 Å². The minimum absolute atomic E-state index is 0.362. The van der Waals surface area contributed by atoms with E-state index in [0.717, 1.165) is 25.0 Å². The lowest BCUT2D eigenvalue weighted by Gasteiger charge is -2.33. The second-order valence-electron chi connectivity index (χ2n) is 3.91. The van der Waals surface area contributed by atoms with E-state index in [1.165, 1.54) is 0 Å². The van der Waals surface area contributed by atoms with Crippen molar-refractivity contribution >= 4 is 32.4 Å². The maximum absolute atomic E-state index is 12.4. The molecule has 1 saturated heterocycles. The van der Waals surface area contributed by atoms with Crippen LogP contribution >= 0.6 is 27.3 Å². The van der Waals surface area contributed by atoms with Gasteiger partial charge < -0.3 is 4.90 Å². The van der Waals surface area contributed by atoms with Crippen molar-refractivity contribution in [1.82, 2.24) is 15.1 Å². The minimum atomic E-state index is -4.40. The van der Waals surface area contributed by atoms with Crippen LogP contribution in [-0.4, -0.2) is 53.2 Å². The Balaban J connectivity index is 1.95. The molecule has 1 aromatic rings. The Labute approximate surface area is 115 Å². The molecule has 2 rings (SSSR count). The lowest BCUT2D eigenvalue weighted by atomic mass is 10.3. The summed E-state index contributed by atoms with van der Waals surface area (Å²) in [6.07, 6.45) is -4.40. The molecule has 102 valence electrons. The third-order valence-electron chi connectivity index (χ3n) is 2.70. The van der Waals surface area contributed by atoms with Crippen LogP contribution in [0.25, 0.3) is 0 Å². The smallest absolute Gasteiger partial charge is 0.344 e. The van der Waals surface area contributed by atoms with Crippen molar-refractivity contribution in [2.24, 2.45) is 0 Å². The Kier molecular flexibility index (Phi) is 4.44. The summed E-state index contributed by atoms with van der Waals surface area (Å²) in [5.41, 5.74) is 0. The molecule has 1 aromatic heterocycles. The van der Waals surface area contributed by atoms with Crippen LogP contribution in [0.4, 0.5) is 18.3 Å². The van der Waals surface area contributed by atoms with Crippen molar-refractivity contribution in [2.75, 3.05) is 43.0 Å². The fourth-order valence-corrected chi connectivity index (χ4v) is 3.01. The first-order valence-corrected chi connectivity index (χ1v) is 7.38. The minimum Gasteiger partial charge on any atom is -0.344 e. The molecular weight excluding hydrogens is 333 g/mol. The largest absolute Gasteiger partial charge is 0.445 e. The first-order valence-electron chi connectivity index (χ1n) is 5.44. The van der Waals surface area contributed by atoms with Crippen molar-refractivity contribution in [2.45, 2.75) is 6.18 Å². The highest BCUT2D eigenvalue weighted by Gasteiger charge is 2.36. The van der Waals surface area contributed by atoms with E-state index >= 15 is 0 Å². The van der Waals surface area contributed by atoms with Crippen molar-refractivity contribution < 1.29 is 13.2 Å². The maximum atomic E-state index is 12.4. The fraction of sp³-hybridized carbons (Fsp3) is 0.778. The van der Waals surface area contributed by atoms with E-state index in [1.807, 2.05) is 4.90 Å². The predicted molar refractivity (Wildman–Crippen MR) is 67.4 cm³/mol. The Bertz CT molecular complexity index is 389. The Hall–Kier alpha value is -0.410. The van der Waals surface area contributed by atoms with Crippen LogP contribution < -0.4 is 4.90 Å². The monoisotopic (exact) mass is 344 g/mol. The van der Waals surface area contributed by atoms with Gasteiger partial charge in [0.1, 0.15) is 0 Å². The van der Waals surface area contributed by atoms with Gasteiger partial charge in [0.25, 0.3) is 0 Å². The van der Waals surface area contributed by atoms with Gasteiger partial charge in [-0.15, -0.1) is 10.2 Å². The molecule has 4 nitrogen and oxygen atoms in total. The first-order chi connectivity index (χ1) is 8.50. The van der Waals surface area contributed by atoms with Gasteiger partial charge in [0.2, 0.25) is 10.1 Å². The number of aromatic nitrogens is 2. The molecule has 1 fully saturated rings. The van der Waals surface area contributed by atoms with E-state index < -0.39 is 11.2 Å². The molecular formula is C9H12BrF3N4S. The summed E-state index contributed by atoms with van der Waals surface area (Å²) in [4.78, 5) is 4.12. The Morgan fingerprint density at radius 1 is 1.17 bits per heavy atom. The van der Waals surface area contributed by atoms with Crippen LogP contribution in [0.15, 0.2) is 0 Å². The molecule has 0 atom stereocenters. The van der Waals surface area contributed by atoms with Crippen LogP contribution in [0, 0.1) is 0 Å². The zero-order valence-corrected chi connectivity index (χ0v) is 11.9. The number of rotatable bonds is 3. The fourth-order valence-electron chi connectivity index (χ4n) is 1.74. The number of hydrogen-bond acceptors (Lipinski definition) is 5. The van der Waals surface area contributed by atoms with Crippen LogP contribution in [0.2, 0.25) is 0 Å². The van der Waals surface area contributed by atoms with Crippen LogP contribution in [0.3, 0.4) is 0 Å². The summed E-state index contributed by atoms with van der Waals surface area (Å²) >= 11 is 3.98. The predicted octanol–water partition coefficient (Wildman–Crippen LogP) is 2.07. The molecule has 0 amide bonds. The van der Waals surface area contributed by atoms with Crippen molar-refractivity contribution in [1.29, 1.82) is 0 Å². The number of alkyl halides is 4. The summed E-state index contributed by atoms with van der Waals surface area (Å²) < 4.78 is 37.2. The van der Waals surface area contributed by atoms with E-state index in [-0.39, 0.29) is 0 Å². The molecule has 0 aromatic carbocycles. The highest BCUT2D eigenvalue weighted by molar-refractivity contribution is 9.09. The SMILES string of the molecule is FC(F)(F)c1nnc(N2CCN(CCBr)CC2)s1. The van der Waals surface area contributed by atoms with Crippen LogP contribution in [0.5, 0.6) is 0 Å². The van der Waals surface area contributed by atoms with Gasteiger partial charge in [0.15, 0.2) is 0 Å². The summed E-state index contributed by atoms with van der Waals surface area (Å²) in [7, 11) is 0.